The number of non-ortho nitro benzene ring substituents is 1. The lowest BCUT2D eigenvalue weighted by atomic mass is 10.3. The molecule has 88 valence electrons. The number of nitrogens with one attached hydrogen (secondary N) is 1. The van der Waals surface area contributed by atoms with Gasteiger partial charge in [0.05, 0.1) is 17.7 Å². The van der Waals surface area contributed by atoms with Crippen molar-refractivity contribution in [2.24, 2.45) is 0 Å². The van der Waals surface area contributed by atoms with Crippen LogP contribution in [0.1, 0.15) is 5.76 Å². The van der Waals surface area contributed by atoms with Crippen LogP contribution >= 0.6 is 22.6 Å². The molecule has 0 amide bonds. The average molecular weight is 344 g/mol. The zero-order valence-electron chi connectivity index (χ0n) is 8.72. The summed E-state index contributed by atoms with van der Waals surface area (Å²) in [5.41, 5.74) is 0.950. The molecule has 1 N–H and O–H groups in total. The fourth-order valence-electron chi connectivity index (χ4n) is 1.36. The van der Waals surface area contributed by atoms with Crippen molar-refractivity contribution in [3.63, 3.8) is 0 Å². The second-order valence-electron chi connectivity index (χ2n) is 3.35. The summed E-state index contributed by atoms with van der Waals surface area (Å²) in [6.45, 7) is 0.556. The highest BCUT2D eigenvalue weighted by Crippen LogP contribution is 2.24. The van der Waals surface area contributed by atoms with Crippen LogP contribution in [0.2, 0.25) is 0 Å². The maximum Gasteiger partial charge on any atom is 0.270 e. The number of hydrogen-bond donors (Lipinski definition) is 1. The Hall–Kier alpha value is -1.57. The Morgan fingerprint density at radius 2 is 2.24 bits per heavy atom. The summed E-state index contributed by atoms with van der Waals surface area (Å²) in [4.78, 5) is 10.2. The van der Waals surface area contributed by atoms with E-state index in [9.17, 15) is 10.1 Å². The molecular formula is C11H9IN2O3. The molecule has 0 saturated carbocycles. The van der Waals surface area contributed by atoms with Gasteiger partial charge in [0.1, 0.15) is 5.76 Å². The summed E-state index contributed by atoms with van der Waals surface area (Å²) in [6.07, 6.45) is 1.61. The zero-order chi connectivity index (χ0) is 12.3. The molecule has 6 heteroatoms. The maximum absolute atomic E-state index is 10.6. The van der Waals surface area contributed by atoms with Gasteiger partial charge in [0.25, 0.3) is 5.69 Å². The van der Waals surface area contributed by atoms with Crippen molar-refractivity contribution < 1.29 is 9.34 Å². The van der Waals surface area contributed by atoms with E-state index in [1.54, 1.807) is 12.3 Å². The number of nitrogens with zero attached hydrogens (tertiary/aromatic N) is 1. The lowest BCUT2D eigenvalue weighted by Gasteiger charge is -2.06. The van der Waals surface area contributed by atoms with Gasteiger partial charge in [-0.15, -0.1) is 0 Å². The van der Waals surface area contributed by atoms with Crippen molar-refractivity contribution in [2.75, 3.05) is 5.32 Å². The van der Waals surface area contributed by atoms with Crippen molar-refractivity contribution in [1.29, 1.82) is 0 Å². The van der Waals surface area contributed by atoms with Crippen LogP contribution in [0.4, 0.5) is 11.4 Å². The van der Waals surface area contributed by atoms with E-state index < -0.39 is 4.92 Å². The lowest BCUT2D eigenvalue weighted by Crippen LogP contribution is -2.00. The predicted octanol–water partition coefficient (Wildman–Crippen LogP) is 3.40. The molecule has 0 aliphatic heterocycles. The van der Waals surface area contributed by atoms with Crippen LogP contribution in [0.3, 0.4) is 0 Å². The van der Waals surface area contributed by atoms with E-state index in [4.69, 9.17) is 4.42 Å². The van der Waals surface area contributed by atoms with Gasteiger partial charge in [0, 0.05) is 21.4 Å². The molecule has 0 saturated heterocycles. The van der Waals surface area contributed by atoms with Gasteiger partial charge in [0.2, 0.25) is 0 Å². The molecule has 0 unspecified atom stereocenters. The summed E-state index contributed by atoms with van der Waals surface area (Å²) in [5.74, 6) is 0.819. The molecule has 0 bridgehead atoms. The first-order chi connectivity index (χ1) is 8.16. The SMILES string of the molecule is O=[N+]([O-])c1ccc(NCc2ccco2)c(I)c1. The smallest absolute Gasteiger partial charge is 0.270 e. The van der Waals surface area contributed by atoms with E-state index in [1.165, 1.54) is 12.1 Å². The van der Waals surface area contributed by atoms with E-state index in [1.807, 2.05) is 12.1 Å². The van der Waals surface area contributed by atoms with Crippen molar-refractivity contribution in [3.8, 4) is 0 Å². The van der Waals surface area contributed by atoms with Crippen molar-refractivity contribution in [3.05, 3.63) is 56.0 Å². The maximum atomic E-state index is 10.6. The number of furan rings is 1. The standard InChI is InChI=1S/C11H9IN2O3/c12-10-6-8(14(15)16)3-4-11(10)13-7-9-2-1-5-17-9/h1-6,13H,7H2. The number of nitro benzene ring substituents is 1. The zero-order valence-corrected chi connectivity index (χ0v) is 10.9. The van der Waals surface area contributed by atoms with E-state index in [2.05, 4.69) is 27.9 Å². The van der Waals surface area contributed by atoms with Crippen molar-refractivity contribution >= 4 is 34.0 Å². The molecule has 0 atom stereocenters. The molecule has 1 heterocycles. The molecule has 5 nitrogen and oxygen atoms in total. The van der Waals surface area contributed by atoms with Crippen LogP contribution in [0.25, 0.3) is 0 Å². The second-order valence-corrected chi connectivity index (χ2v) is 4.52. The molecule has 0 aliphatic rings. The third-order valence-electron chi connectivity index (χ3n) is 2.20. The Labute approximate surface area is 111 Å². The number of nitro groups is 1. The van der Waals surface area contributed by atoms with Gasteiger partial charge in [-0.05, 0) is 40.8 Å². The topological polar surface area (TPSA) is 68.3 Å². The molecule has 2 rings (SSSR count). The number of benzene rings is 1. The van der Waals surface area contributed by atoms with Gasteiger partial charge >= 0.3 is 0 Å². The van der Waals surface area contributed by atoms with Gasteiger partial charge in [-0.1, -0.05) is 0 Å². The molecule has 2 aromatic rings. The third-order valence-corrected chi connectivity index (χ3v) is 3.09. The minimum absolute atomic E-state index is 0.0953. The molecule has 0 radical (unpaired) electrons. The van der Waals surface area contributed by atoms with Gasteiger partial charge in [-0.3, -0.25) is 10.1 Å². The van der Waals surface area contributed by atoms with E-state index in [0.717, 1.165) is 15.0 Å². The minimum atomic E-state index is -0.404. The Bertz CT molecular complexity index is 526. The molecule has 0 fully saturated rings. The summed E-state index contributed by atoms with van der Waals surface area (Å²) in [6, 6.07) is 8.39. The highest BCUT2D eigenvalue weighted by Gasteiger charge is 2.08. The van der Waals surface area contributed by atoms with E-state index in [-0.39, 0.29) is 5.69 Å². The number of anilines is 1. The quantitative estimate of drug-likeness (QED) is 0.524. The number of hydrogen-bond acceptors (Lipinski definition) is 4. The van der Waals surface area contributed by atoms with E-state index >= 15 is 0 Å². The summed E-state index contributed by atoms with van der Waals surface area (Å²) < 4.78 is 5.99. The number of halogens is 1. The fourth-order valence-corrected chi connectivity index (χ4v) is 2.05. The van der Waals surface area contributed by atoms with Crippen LogP contribution in [0.5, 0.6) is 0 Å². The highest BCUT2D eigenvalue weighted by molar-refractivity contribution is 14.1. The monoisotopic (exact) mass is 344 g/mol. The fraction of sp³-hybridized carbons (Fsp3) is 0.0909. The first-order valence-corrected chi connectivity index (χ1v) is 5.95. The van der Waals surface area contributed by atoms with Crippen LogP contribution in [-0.2, 0) is 6.54 Å². The van der Waals surface area contributed by atoms with Crippen LogP contribution < -0.4 is 5.32 Å². The molecular weight excluding hydrogens is 335 g/mol. The largest absolute Gasteiger partial charge is 0.467 e. The van der Waals surface area contributed by atoms with Crippen molar-refractivity contribution in [1.82, 2.24) is 0 Å². The Morgan fingerprint density at radius 1 is 1.41 bits per heavy atom. The van der Waals surface area contributed by atoms with Gasteiger partial charge < -0.3 is 9.73 Å². The average Bonchev–Trinajstić information content (AvgIpc) is 2.80. The molecule has 17 heavy (non-hydrogen) atoms. The summed E-state index contributed by atoms with van der Waals surface area (Å²) in [7, 11) is 0. The summed E-state index contributed by atoms with van der Waals surface area (Å²) >= 11 is 2.06. The van der Waals surface area contributed by atoms with Crippen LogP contribution in [0, 0.1) is 13.7 Å². The Morgan fingerprint density at radius 3 is 2.82 bits per heavy atom. The molecule has 1 aromatic heterocycles. The molecule has 1 aromatic carbocycles. The molecule has 0 aliphatic carbocycles. The third kappa shape index (κ3) is 2.96. The highest BCUT2D eigenvalue weighted by atomic mass is 127. The Kier molecular flexibility index (Phi) is 3.62. The Balaban J connectivity index is 2.09. The summed E-state index contributed by atoms with van der Waals surface area (Å²) in [5, 5.41) is 13.7. The van der Waals surface area contributed by atoms with Crippen LogP contribution in [0.15, 0.2) is 41.0 Å². The number of rotatable bonds is 4. The first kappa shape index (κ1) is 11.9. The lowest BCUT2D eigenvalue weighted by molar-refractivity contribution is -0.384. The second kappa shape index (κ2) is 5.17. The van der Waals surface area contributed by atoms with Gasteiger partial charge in [-0.25, -0.2) is 0 Å². The van der Waals surface area contributed by atoms with E-state index in [0.29, 0.717) is 6.54 Å². The van der Waals surface area contributed by atoms with Gasteiger partial charge in [0.15, 0.2) is 0 Å². The normalized spacial score (nSPS) is 10.2. The minimum Gasteiger partial charge on any atom is -0.467 e. The predicted molar refractivity (Wildman–Crippen MR) is 71.8 cm³/mol. The first-order valence-electron chi connectivity index (χ1n) is 4.87. The van der Waals surface area contributed by atoms with Gasteiger partial charge in [-0.2, -0.15) is 0 Å². The van der Waals surface area contributed by atoms with Crippen molar-refractivity contribution in [2.45, 2.75) is 6.54 Å². The molecule has 0 spiro atoms. The van der Waals surface area contributed by atoms with Crippen LogP contribution in [-0.4, -0.2) is 4.92 Å².